The Labute approximate surface area is 122 Å². The number of rotatable bonds is 3. The standard InChI is InChI=1S/C12H12Br2N2O2/c13-9-2-8(6-17)12(10(14)3-9)16-5-7(4-15)1-11(16)18/h2-3,6-7H,1,4-5,15H2. The molecular formula is C12H12Br2N2O2. The van der Waals surface area contributed by atoms with Crippen molar-refractivity contribution in [3.63, 3.8) is 0 Å². The molecule has 4 nitrogen and oxygen atoms in total. The summed E-state index contributed by atoms with van der Waals surface area (Å²) >= 11 is 6.73. The molecule has 1 aromatic rings. The van der Waals surface area contributed by atoms with E-state index in [-0.39, 0.29) is 11.8 Å². The van der Waals surface area contributed by atoms with E-state index < -0.39 is 0 Å². The molecule has 0 spiro atoms. The van der Waals surface area contributed by atoms with Crippen LogP contribution < -0.4 is 10.6 Å². The maximum absolute atomic E-state index is 12.0. The van der Waals surface area contributed by atoms with E-state index >= 15 is 0 Å². The highest BCUT2D eigenvalue weighted by atomic mass is 79.9. The molecule has 18 heavy (non-hydrogen) atoms. The fraction of sp³-hybridized carbons (Fsp3) is 0.333. The largest absolute Gasteiger partial charge is 0.330 e. The molecule has 1 aliphatic rings. The van der Waals surface area contributed by atoms with Crippen LogP contribution in [0.25, 0.3) is 0 Å². The summed E-state index contributed by atoms with van der Waals surface area (Å²) in [6.45, 7) is 1.04. The van der Waals surface area contributed by atoms with Gasteiger partial charge in [-0.1, -0.05) is 15.9 Å². The molecule has 0 radical (unpaired) electrons. The van der Waals surface area contributed by atoms with Gasteiger partial charge >= 0.3 is 0 Å². The van der Waals surface area contributed by atoms with Gasteiger partial charge in [0.2, 0.25) is 5.91 Å². The molecule has 1 aromatic carbocycles. The Morgan fingerprint density at radius 3 is 2.72 bits per heavy atom. The van der Waals surface area contributed by atoms with Crippen molar-refractivity contribution in [1.29, 1.82) is 0 Å². The lowest BCUT2D eigenvalue weighted by atomic mass is 10.1. The van der Waals surface area contributed by atoms with Gasteiger partial charge in [-0.05, 0) is 40.5 Å². The van der Waals surface area contributed by atoms with Crippen molar-refractivity contribution in [1.82, 2.24) is 0 Å². The monoisotopic (exact) mass is 374 g/mol. The molecule has 96 valence electrons. The lowest BCUT2D eigenvalue weighted by Gasteiger charge is -2.20. The molecule has 0 saturated carbocycles. The summed E-state index contributed by atoms with van der Waals surface area (Å²) in [6.07, 6.45) is 1.20. The Balaban J connectivity index is 2.45. The second-order valence-electron chi connectivity index (χ2n) is 4.25. The Morgan fingerprint density at radius 1 is 1.44 bits per heavy atom. The van der Waals surface area contributed by atoms with Crippen LogP contribution in [0.3, 0.4) is 0 Å². The maximum Gasteiger partial charge on any atom is 0.227 e. The van der Waals surface area contributed by atoms with Gasteiger partial charge in [-0.25, -0.2) is 0 Å². The highest BCUT2D eigenvalue weighted by molar-refractivity contribution is 9.11. The molecule has 0 aromatic heterocycles. The van der Waals surface area contributed by atoms with Crippen LogP contribution in [0.4, 0.5) is 5.69 Å². The number of hydrogen-bond acceptors (Lipinski definition) is 3. The number of aldehydes is 1. The van der Waals surface area contributed by atoms with Crippen LogP contribution in [0.5, 0.6) is 0 Å². The van der Waals surface area contributed by atoms with Crippen molar-refractivity contribution < 1.29 is 9.59 Å². The fourth-order valence-electron chi connectivity index (χ4n) is 2.12. The molecule has 1 heterocycles. The third-order valence-corrected chi connectivity index (χ3v) is 4.06. The van der Waals surface area contributed by atoms with Gasteiger partial charge < -0.3 is 10.6 Å². The molecule has 1 amide bonds. The molecule has 0 aliphatic carbocycles. The predicted octanol–water partition coefficient (Wildman–Crippen LogP) is 2.34. The number of anilines is 1. The Hall–Kier alpha value is -0.720. The van der Waals surface area contributed by atoms with Crippen LogP contribution in [0.1, 0.15) is 16.8 Å². The molecule has 1 unspecified atom stereocenters. The Bertz CT molecular complexity index is 505. The van der Waals surface area contributed by atoms with Gasteiger partial charge in [0.25, 0.3) is 0 Å². The molecule has 1 aliphatic heterocycles. The maximum atomic E-state index is 12.0. The minimum absolute atomic E-state index is 0.0107. The van der Waals surface area contributed by atoms with Crippen LogP contribution >= 0.6 is 31.9 Å². The third-order valence-electron chi connectivity index (χ3n) is 2.99. The highest BCUT2D eigenvalue weighted by Gasteiger charge is 2.32. The van der Waals surface area contributed by atoms with Gasteiger partial charge in [-0.15, -0.1) is 0 Å². The van der Waals surface area contributed by atoms with Crippen LogP contribution in [0.2, 0.25) is 0 Å². The van der Waals surface area contributed by atoms with Crippen molar-refractivity contribution in [2.75, 3.05) is 18.0 Å². The van der Waals surface area contributed by atoms with E-state index in [0.29, 0.717) is 30.8 Å². The van der Waals surface area contributed by atoms with Gasteiger partial charge in [0.05, 0.1) is 5.69 Å². The topological polar surface area (TPSA) is 63.4 Å². The zero-order valence-corrected chi connectivity index (χ0v) is 12.7. The van der Waals surface area contributed by atoms with Crippen molar-refractivity contribution >= 4 is 49.7 Å². The van der Waals surface area contributed by atoms with Gasteiger partial charge in [0.15, 0.2) is 6.29 Å². The smallest absolute Gasteiger partial charge is 0.227 e. The quantitative estimate of drug-likeness (QED) is 0.824. The van der Waals surface area contributed by atoms with E-state index in [1.165, 1.54) is 0 Å². The van der Waals surface area contributed by atoms with Crippen molar-refractivity contribution in [2.45, 2.75) is 6.42 Å². The first-order valence-electron chi connectivity index (χ1n) is 5.51. The molecule has 1 saturated heterocycles. The third kappa shape index (κ3) is 2.50. The summed E-state index contributed by atoms with van der Waals surface area (Å²) in [4.78, 5) is 24.7. The van der Waals surface area contributed by atoms with Gasteiger partial charge in [0, 0.05) is 27.5 Å². The lowest BCUT2D eigenvalue weighted by Crippen LogP contribution is -2.27. The summed E-state index contributed by atoms with van der Waals surface area (Å²) in [6, 6.07) is 3.53. The summed E-state index contributed by atoms with van der Waals surface area (Å²) in [5.41, 5.74) is 6.72. The van der Waals surface area contributed by atoms with Crippen molar-refractivity contribution in [3.05, 3.63) is 26.6 Å². The normalized spacial score (nSPS) is 19.4. The van der Waals surface area contributed by atoms with Crippen LogP contribution in [-0.2, 0) is 4.79 Å². The lowest BCUT2D eigenvalue weighted by molar-refractivity contribution is -0.117. The van der Waals surface area contributed by atoms with E-state index in [2.05, 4.69) is 31.9 Å². The van der Waals surface area contributed by atoms with Crippen molar-refractivity contribution in [3.8, 4) is 0 Å². The molecule has 1 fully saturated rings. The molecule has 0 bridgehead atoms. The summed E-state index contributed by atoms with van der Waals surface area (Å²) in [5, 5.41) is 0. The number of nitrogens with two attached hydrogens (primary N) is 1. The summed E-state index contributed by atoms with van der Waals surface area (Å²) < 4.78 is 1.52. The number of hydrogen-bond donors (Lipinski definition) is 1. The average molecular weight is 376 g/mol. The van der Waals surface area contributed by atoms with Gasteiger partial charge in [-0.3, -0.25) is 9.59 Å². The van der Waals surface area contributed by atoms with Crippen LogP contribution in [0.15, 0.2) is 21.1 Å². The minimum Gasteiger partial charge on any atom is -0.330 e. The second-order valence-corrected chi connectivity index (χ2v) is 6.02. The fourth-order valence-corrected chi connectivity index (χ4v) is 3.59. The van der Waals surface area contributed by atoms with Crippen molar-refractivity contribution in [2.24, 2.45) is 11.7 Å². The van der Waals surface area contributed by atoms with E-state index in [9.17, 15) is 9.59 Å². The number of amides is 1. The highest BCUT2D eigenvalue weighted by Crippen LogP contribution is 2.36. The first-order valence-corrected chi connectivity index (χ1v) is 7.10. The summed E-state index contributed by atoms with van der Waals surface area (Å²) in [7, 11) is 0. The number of carbonyl (C=O) groups excluding carboxylic acids is 2. The van der Waals surface area contributed by atoms with Crippen LogP contribution in [-0.4, -0.2) is 25.3 Å². The molecule has 2 N–H and O–H groups in total. The zero-order chi connectivity index (χ0) is 13.3. The van der Waals surface area contributed by atoms with Crippen LogP contribution in [0, 0.1) is 5.92 Å². The van der Waals surface area contributed by atoms with E-state index in [4.69, 9.17) is 5.73 Å². The molecule has 1 atom stereocenters. The average Bonchev–Trinajstić information content (AvgIpc) is 2.69. The number of halogens is 2. The van der Waals surface area contributed by atoms with E-state index in [1.807, 2.05) is 6.07 Å². The minimum atomic E-state index is 0.0107. The van der Waals surface area contributed by atoms with E-state index in [1.54, 1.807) is 11.0 Å². The summed E-state index contributed by atoms with van der Waals surface area (Å²) in [5.74, 6) is 0.170. The zero-order valence-electron chi connectivity index (χ0n) is 9.53. The Morgan fingerprint density at radius 2 is 2.17 bits per heavy atom. The first kappa shape index (κ1) is 13.7. The number of carbonyl (C=O) groups is 2. The number of benzene rings is 1. The first-order chi connectivity index (χ1) is 8.56. The number of nitrogens with zero attached hydrogens (tertiary/aromatic N) is 1. The van der Waals surface area contributed by atoms with E-state index in [0.717, 1.165) is 15.2 Å². The molecular weight excluding hydrogens is 364 g/mol. The molecule has 2 rings (SSSR count). The Kier molecular flexibility index (Phi) is 4.19. The predicted molar refractivity (Wildman–Crippen MR) is 76.7 cm³/mol. The second kappa shape index (κ2) is 5.50. The SMILES string of the molecule is NCC1CC(=O)N(c2c(Br)cc(Br)cc2C=O)C1. The molecule has 6 heteroatoms. The van der Waals surface area contributed by atoms with Gasteiger partial charge in [-0.2, -0.15) is 0 Å². The van der Waals surface area contributed by atoms with Gasteiger partial charge in [0.1, 0.15) is 0 Å².